The summed E-state index contributed by atoms with van der Waals surface area (Å²) in [6.07, 6.45) is 6.15. The summed E-state index contributed by atoms with van der Waals surface area (Å²) in [5, 5.41) is 3.04. The molecular weight excluding hydrogens is 272 g/mol. The summed E-state index contributed by atoms with van der Waals surface area (Å²) in [5.74, 6) is 0.939. The Hall–Kier alpha value is -1.45. The van der Waals surface area contributed by atoms with Gasteiger partial charge in [-0.1, -0.05) is 0 Å². The van der Waals surface area contributed by atoms with E-state index in [4.69, 9.17) is 0 Å². The van der Waals surface area contributed by atoms with E-state index in [1.807, 2.05) is 0 Å². The normalized spacial score (nSPS) is 36.8. The molecule has 4 fully saturated rings. The fourth-order valence-electron chi connectivity index (χ4n) is 5.06. The van der Waals surface area contributed by atoms with Crippen molar-refractivity contribution < 1.29 is 13.6 Å². The lowest BCUT2D eigenvalue weighted by atomic mass is 9.54. The minimum Gasteiger partial charge on any atom is -0.349 e. The van der Waals surface area contributed by atoms with E-state index in [2.05, 4.69) is 5.32 Å². The van der Waals surface area contributed by atoms with Crippen LogP contribution < -0.4 is 5.32 Å². The molecule has 0 saturated heterocycles. The Bertz CT molecular complexity index is 558. The number of hydrogen-bond donors (Lipinski definition) is 1. The predicted octanol–water partition coefficient (Wildman–Crippen LogP) is 3.52. The lowest BCUT2D eigenvalue weighted by molar-refractivity contribution is -0.0120. The minimum atomic E-state index is -0.781. The van der Waals surface area contributed by atoms with Crippen molar-refractivity contribution in [3.8, 4) is 0 Å². The fraction of sp³-hybridized carbons (Fsp3) is 0.588. The predicted molar refractivity (Wildman–Crippen MR) is 74.7 cm³/mol. The largest absolute Gasteiger partial charge is 0.349 e. The molecule has 1 aromatic carbocycles. The third-order valence-electron chi connectivity index (χ3n) is 5.70. The second-order valence-electron chi connectivity index (χ2n) is 7.05. The molecule has 0 heterocycles. The van der Waals surface area contributed by atoms with E-state index >= 15 is 0 Å². The van der Waals surface area contributed by atoms with Gasteiger partial charge in [-0.2, -0.15) is 0 Å². The van der Waals surface area contributed by atoms with E-state index in [0.717, 1.165) is 24.0 Å². The van der Waals surface area contributed by atoms with Gasteiger partial charge >= 0.3 is 0 Å². The summed E-state index contributed by atoms with van der Waals surface area (Å²) in [4.78, 5) is 12.3. The standard InChI is InChI=1S/C17H19F2NO/c18-13-1-2-14(15(19)8-13)17(21)20-16-11-4-9-3-10(6-11)7-12(16)5-9/h1-2,8-12,16H,3-7H2,(H,20,21). The first-order valence-corrected chi connectivity index (χ1v) is 7.86. The second kappa shape index (κ2) is 4.79. The van der Waals surface area contributed by atoms with Crippen LogP contribution in [0.1, 0.15) is 42.5 Å². The van der Waals surface area contributed by atoms with E-state index in [-0.39, 0.29) is 11.6 Å². The number of halogens is 2. The number of hydrogen-bond acceptors (Lipinski definition) is 1. The number of benzene rings is 1. The summed E-state index contributed by atoms with van der Waals surface area (Å²) in [7, 11) is 0. The summed E-state index contributed by atoms with van der Waals surface area (Å²) in [6.45, 7) is 0. The molecule has 4 heteroatoms. The Balaban J connectivity index is 1.52. The van der Waals surface area contributed by atoms with Crippen molar-refractivity contribution in [2.24, 2.45) is 23.7 Å². The monoisotopic (exact) mass is 291 g/mol. The van der Waals surface area contributed by atoms with E-state index in [0.29, 0.717) is 11.8 Å². The van der Waals surface area contributed by atoms with Gasteiger partial charge in [0.15, 0.2) is 0 Å². The molecule has 2 nitrogen and oxygen atoms in total. The fourth-order valence-corrected chi connectivity index (χ4v) is 5.06. The first kappa shape index (κ1) is 13.2. The zero-order chi connectivity index (χ0) is 14.6. The van der Waals surface area contributed by atoms with Gasteiger partial charge in [-0.05, 0) is 67.9 Å². The molecule has 0 aromatic heterocycles. The van der Waals surface area contributed by atoms with Crippen LogP contribution in [0.3, 0.4) is 0 Å². The van der Waals surface area contributed by atoms with Crippen molar-refractivity contribution in [2.75, 3.05) is 0 Å². The van der Waals surface area contributed by atoms with Gasteiger partial charge in [0.25, 0.3) is 5.91 Å². The molecule has 1 N–H and O–H groups in total. The van der Waals surface area contributed by atoms with Crippen LogP contribution in [0, 0.1) is 35.3 Å². The molecule has 4 bridgehead atoms. The van der Waals surface area contributed by atoms with E-state index in [1.54, 1.807) is 0 Å². The number of amides is 1. The van der Waals surface area contributed by atoms with Crippen LogP contribution in [0.4, 0.5) is 8.78 Å². The van der Waals surface area contributed by atoms with Crippen LogP contribution in [0.25, 0.3) is 0 Å². The molecule has 4 aliphatic rings. The maximum atomic E-state index is 13.7. The van der Waals surface area contributed by atoms with Crippen LogP contribution >= 0.6 is 0 Å². The third kappa shape index (κ3) is 2.25. The molecular formula is C17H19F2NO. The number of carbonyl (C=O) groups is 1. The maximum Gasteiger partial charge on any atom is 0.254 e. The number of rotatable bonds is 2. The van der Waals surface area contributed by atoms with Gasteiger partial charge in [-0.3, -0.25) is 4.79 Å². The average Bonchev–Trinajstić information content (AvgIpc) is 2.41. The Kier molecular flexibility index (Phi) is 3.02. The average molecular weight is 291 g/mol. The summed E-state index contributed by atoms with van der Waals surface area (Å²) >= 11 is 0. The quantitative estimate of drug-likeness (QED) is 0.887. The van der Waals surface area contributed by atoms with Gasteiger partial charge < -0.3 is 5.32 Å². The van der Waals surface area contributed by atoms with Crippen molar-refractivity contribution in [3.63, 3.8) is 0 Å². The summed E-state index contributed by atoms with van der Waals surface area (Å²) < 4.78 is 26.6. The first-order chi connectivity index (χ1) is 10.1. The molecule has 21 heavy (non-hydrogen) atoms. The molecule has 1 aromatic rings. The van der Waals surface area contributed by atoms with Crippen molar-refractivity contribution in [3.05, 3.63) is 35.4 Å². The molecule has 1 amide bonds. The highest BCUT2D eigenvalue weighted by molar-refractivity contribution is 5.94. The topological polar surface area (TPSA) is 29.1 Å². The van der Waals surface area contributed by atoms with Crippen molar-refractivity contribution >= 4 is 5.91 Å². The van der Waals surface area contributed by atoms with Crippen molar-refractivity contribution in [2.45, 2.75) is 38.1 Å². The number of nitrogens with one attached hydrogen (secondary N) is 1. The lowest BCUT2D eigenvalue weighted by Gasteiger charge is -2.54. The number of carbonyl (C=O) groups excluding carboxylic acids is 1. The highest BCUT2D eigenvalue weighted by atomic mass is 19.1. The lowest BCUT2D eigenvalue weighted by Crippen LogP contribution is -2.55. The van der Waals surface area contributed by atoms with Crippen molar-refractivity contribution in [1.29, 1.82) is 0 Å². The summed E-state index contributed by atoms with van der Waals surface area (Å²) in [5.41, 5.74) is -0.0507. The van der Waals surface area contributed by atoms with E-state index < -0.39 is 17.5 Å². The van der Waals surface area contributed by atoms with Gasteiger partial charge in [0, 0.05) is 12.1 Å². The van der Waals surface area contributed by atoms with Crippen LogP contribution in [0.15, 0.2) is 18.2 Å². The Morgan fingerprint density at radius 3 is 2.19 bits per heavy atom. The molecule has 0 unspecified atom stereocenters. The highest BCUT2D eigenvalue weighted by Gasteiger charge is 2.48. The van der Waals surface area contributed by atoms with Gasteiger partial charge in [0.05, 0.1) is 5.56 Å². The second-order valence-corrected chi connectivity index (χ2v) is 7.05. The van der Waals surface area contributed by atoms with Crippen LogP contribution in [-0.2, 0) is 0 Å². The molecule has 112 valence electrons. The van der Waals surface area contributed by atoms with Crippen LogP contribution in [0.5, 0.6) is 0 Å². The Labute approximate surface area is 122 Å². The SMILES string of the molecule is O=C(NC1C2CC3CC(C2)CC1C3)c1ccc(F)cc1F. The van der Waals surface area contributed by atoms with Crippen LogP contribution in [-0.4, -0.2) is 11.9 Å². The zero-order valence-corrected chi connectivity index (χ0v) is 11.8. The molecule has 0 radical (unpaired) electrons. The Morgan fingerprint density at radius 2 is 1.62 bits per heavy atom. The highest BCUT2D eigenvalue weighted by Crippen LogP contribution is 2.53. The van der Waals surface area contributed by atoms with Crippen molar-refractivity contribution in [1.82, 2.24) is 5.32 Å². The van der Waals surface area contributed by atoms with Crippen LogP contribution in [0.2, 0.25) is 0 Å². The smallest absolute Gasteiger partial charge is 0.254 e. The van der Waals surface area contributed by atoms with E-state index in [1.165, 1.54) is 38.2 Å². The molecule has 0 spiro atoms. The molecule has 4 aliphatic carbocycles. The van der Waals surface area contributed by atoms with Gasteiger partial charge in [0.1, 0.15) is 11.6 Å². The van der Waals surface area contributed by atoms with Gasteiger partial charge in [-0.25, -0.2) is 8.78 Å². The summed E-state index contributed by atoms with van der Waals surface area (Å²) in [6, 6.07) is 3.31. The van der Waals surface area contributed by atoms with Gasteiger partial charge in [0.2, 0.25) is 0 Å². The molecule has 0 aliphatic heterocycles. The minimum absolute atomic E-state index is 0.0507. The zero-order valence-electron chi connectivity index (χ0n) is 11.8. The molecule has 0 atom stereocenters. The third-order valence-corrected chi connectivity index (χ3v) is 5.70. The van der Waals surface area contributed by atoms with Gasteiger partial charge in [-0.15, -0.1) is 0 Å². The molecule has 5 rings (SSSR count). The van der Waals surface area contributed by atoms with E-state index in [9.17, 15) is 13.6 Å². The first-order valence-electron chi connectivity index (χ1n) is 7.86. The maximum absolute atomic E-state index is 13.7. The molecule has 4 saturated carbocycles. The Morgan fingerprint density at radius 1 is 1.00 bits per heavy atom.